The molecule has 0 saturated carbocycles. The molecule has 0 spiro atoms. The standard InChI is InChI=1S/C30H46F3NO2/c31-30(32,33)23-17-13-11-9-7-5-3-1-2-4-6-8-10-12-14-19-28(24-35)36-25-27-22-21-26-18-15-16-20-29(26)34-27/h15-16,18,20-22,28,35H,1-14,17,19,23-25H2/t28-/m0/s1. The number of ether oxygens (including phenoxy) is 1. The highest BCUT2D eigenvalue weighted by Gasteiger charge is 2.25. The van der Waals surface area contributed by atoms with Crippen molar-refractivity contribution >= 4 is 10.9 Å². The van der Waals surface area contributed by atoms with E-state index in [-0.39, 0.29) is 19.1 Å². The number of benzene rings is 1. The molecular formula is C30H46F3NO2. The smallest absolute Gasteiger partial charge is 0.389 e. The van der Waals surface area contributed by atoms with E-state index < -0.39 is 12.6 Å². The van der Waals surface area contributed by atoms with E-state index in [1.54, 1.807) is 0 Å². The number of hydrogen-bond donors (Lipinski definition) is 1. The molecule has 1 heterocycles. The third-order valence-corrected chi connectivity index (χ3v) is 6.81. The number of unbranched alkanes of at least 4 members (excludes halogenated alkanes) is 14. The van der Waals surface area contributed by atoms with Gasteiger partial charge in [0.2, 0.25) is 0 Å². The molecule has 3 nitrogen and oxygen atoms in total. The van der Waals surface area contributed by atoms with Crippen LogP contribution in [-0.4, -0.2) is 29.0 Å². The molecule has 1 N–H and O–H groups in total. The molecule has 0 unspecified atom stereocenters. The fraction of sp³-hybridized carbons (Fsp3) is 0.700. The maximum absolute atomic E-state index is 12.1. The largest absolute Gasteiger partial charge is 0.394 e. The number of para-hydroxylation sites is 1. The average molecular weight is 510 g/mol. The van der Waals surface area contributed by atoms with E-state index in [0.29, 0.717) is 13.0 Å². The van der Waals surface area contributed by atoms with Gasteiger partial charge in [-0.2, -0.15) is 13.2 Å². The quantitative estimate of drug-likeness (QED) is 0.170. The van der Waals surface area contributed by atoms with E-state index in [2.05, 4.69) is 11.1 Å². The Bertz CT molecular complexity index is 812. The van der Waals surface area contributed by atoms with Gasteiger partial charge in [-0.05, 0) is 25.0 Å². The molecule has 0 radical (unpaired) electrons. The van der Waals surface area contributed by atoms with Gasteiger partial charge in [0.15, 0.2) is 0 Å². The fourth-order valence-electron chi connectivity index (χ4n) is 4.61. The average Bonchev–Trinajstić information content (AvgIpc) is 2.86. The molecule has 6 heteroatoms. The summed E-state index contributed by atoms with van der Waals surface area (Å²) in [5.41, 5.74) is 1.86. The van der Waals surface area contributed by atoms with Crippen molar-refractivity contribution in [2.24, 2.45) is 0 Å². The summed E-state index contributed by atoms with van der Waals surface area (Å²) in [6.07, 6.45) is 12.6. The van der Waals surface area contributed by atoms with Gasteiger partial charge in [-0.15, -0.1) is 0 Å². The Hall–Kier alpha value is -1.66. The van der Waals surface area contributed by atoms with Crippen LogP contribution < -0.4 is 0 Å². The fourth-order valence-corrected chi connectivity index (χ4v) is 4.61. The van der Waals surface area contributed by atoms with Crippen molar-refractivity contribution in [2.75, 3.05) is 6.61 Å². The molecule has 0 fully saturated rings. The van der Waals surface area contributed by atoms with Gasteiger partial charge in [-0.3, -0.25) is 4.98 Å². The molecule has 0 aliphatic heterocycles. The molecule has 0 aliphatic carbocycles. The van der Waals surface area contributed by atoms with Crippen LogP contribution in [-0.2, 0) is 11.3 Å². The van der Waals surface area contributed by atoms with Crippen LogP contribution in [0.15, 0.2) is 36.4 Å². The van der Waals surface area contributed by atoms with Gasteiger partial charge in [0.25, 0.3) is 0 Å². The lowest BCUT2D eigenvalue weighted by Crippen LogP contribution is -2.17. The van der Waals surface area contributed by atoms with Crippen molar-refractivity contribution in [3.05, 3.63) is 42.1 Å². The van der Waals surface area contributed by atoms with Crippen LogP contribution >= 0.6 is 0 Å². The predicted molar refractivity (Wildman–Crippen MR) is 142 cm³/mol. The second kappa shape index (κ2) is 18.6. The summed E-state index contributed by atoms with van der Waals surface area (Å²) in [4.78, 5) is 4.63. The van der Waals surface area contributed by atoms with Gasteiger partial charge in [0.05, 0.1) is 30.5 Å². The minimum absolute atomic E-state index is 0.0473. The van der Waals surface area contributed by atoms with Crippen molar-refractivity contribution in [3.8, 4) is 0 Å². The van der Waals surface area contributed by atoms with Crippen molar-refractivity contribution in [3.63, 3.8) is 0 Å². The lowest BCUT2D eigenvalue weighted by molar-refractivity contribution is -0.135. The monoisotopic (exact) mass is 509 g/mol. The number of aromatic nitrogens is 1. The van der Waals surface area contributed by atoms with Crippen LogP contribution in [0.3, 0.4) is 0 Å². The number of halogens is 3. The second-order valence-corrected chi connectivity index (χ2v) is 10.1. The number of nitrogens with zero attached hydrogens (tertiary/aromatic N) is 1. The minimum atomic E-state index is -3.99. The molecule has 0 aliphatic rings. The van der Waals surface area contributed by atoms with E-state index in [1.807, 2.05) is 30.3 Å². The Morgan fingerprint density at radius 3 is 1.78 bits per heavy atom. The summed E-state index contributed by atoms with van der Waals surface area (Å²) >= 11 is 0. The third-order valence-electron chi connectivity index (χ3n) is 6.81. The van der Waals surface area contributed by atoms with Crippen molar-refractivity contribution in [1.82, 2.24) is 4.98 Å². The maximum Gasteiger partial charge on any atom is 0.389 e. The highest BCUT2D eigenvalue weighted by atomic mass is 19.4. The Kier molecular flexibility index (Phi) is 15.8. The second-order valence-electron chi connectivity index (χ2n) is 10.1. The van der Waals surface area contributed by atoms with E-state index in [1.165, 1.54) is 57.8 Å². The van der Waals surface area contributed by atoms with E-state index in [4.69, 9.17) is 4.74 Å². The number of fused-ring (bicyclic) bond motifs is 1. The van der Waals surface area contributed by atoms with E-state index in [9.17, 15) is 18.3 Å². The molecular weight excluding hydrogens is 463 g/mol. The summed E-state index contributed by atoms with van der Waals surface area (Å²) in [6, 6.07) is 12.1. The molecule has 36 heavy (non-hydrogen) atoms. The van der Waals surface area contributed by atoms with Crippen LogP contribution in [0.2, 0.25) is 0 Å². The zero-order chi connectivity index (χ0) is 25.9. The Balaban J connectivity index is 1.36. The minimum Gasteiger partial charge on any atom is -0.394 e. The number of alkyl halides is 3. The van der Waals surface area contributed by atoms with Gasteiger partial charge in [0, 0.05) is 11.8 Å². The van der Waals surface area contributed by atoms with Crippen LogP contribution in [0.5, 0.6) is 0 Å². The summed E-state index contributed by atoms with van der Waals surface area (Å²) < 4.78 is 42.1. The van der Waals surface area contributed by atoms with Gasteiger partial charge >= 0.3 is 6.18 Å². The van der Waals surface area contributed by atoms with Crippen LogP contribution in [0.1, 0.15) is 115 Å². The van der Waals surface area contributed by atoms with Gasteiger partial charge in [-0.1, -0.05) is 114 Å². The van der Waals surface area contributed by atoms with Gasteiger partial charge in [0.1, 0.15) is 0 Å². The first-order chi connectivity index (χ1) is 17.5. The zero-order valence-electron chi connectivity index (χ0n) is 21.9. The van der Waals surface area contributed by atoms with Gasteiger partial charge < -0.3 is 9.84 Å². The summed E-state index contributed by atoms with van der Waals surface area (Å²) in [5, 5.41) is 10.8. The molecule has 2 aromatic rings. The molecule has 1 aromatic carbocycles. The first-order valence-electron chi connectivity index (χ1n) is 14.1. The number of hydrogen-bond acceptors (Lipinski definition) is 3. The molecule has 1 aromatic heterocycles. The number of pyridine rings is 1. The Labute approximate surface area is 215 Å². The highest BCUT2D eigenvalue weighted by molar-refractivity contribution is 5.78. The third kappa shape index (κ3) is 14.8. The number of rotatable bonds is 21. The first kappa shape index (κ1) is 30.6. The Morgan fingerprint density at radius 1 is 0.694 bits per heavy atom. The maximum atomic E-state index is 12.1. The topological polar surface area (TPSA) is 42.4 Å². The molecule has 204 valence electrons. The van der Waals surface area contributed by atoms with Crippen LogP contribution in [0.25, 0.3) is 10.9 Å². The Morgan fingerprint density at radius 2 is 1.22 bits per heavy atom. The van der Waals surface area contributed by atoms with Crippen molar-refractivity contribution in [1.29, 1.82) is 0 Å². The number of aliphatic hydroxyl groups excluding tert-OH is 1. The van der Waals surface area contributed by atoms with E-state index in [0.717, 1.165) is 48.7 Å². The number of aliphatic hydroxyl groups is 1. The van der Waals surface area contributed by atoms with Crippen molar-refractivity contribution < 1.29 is 23.0 Å². The molecule has 0 bridgehead atoms. The molecule has 2 rings (SSSR count). The van der Waals surface area contributed by atoms with Gasteiger partial charge in [-0.25, -0.2) is 0 Å². The molecule has 0 amide bonds. The lowest BCUT2D eigenvalue weighted by atomic mass is 10.0. The summed E-state index contributed by atoms with van der Waals surface area (Å²) in [5.74, 6) is 0. The zero-order valence-corrected chi connectivity index (χ0v) is 21.9. The highest BCUT2D eigenvalue weighted by Crippen LogP contribution is 2.23. The van der Waals surface area contributed by atoms with E-state index >= 15 is 0 Å². The van der Waals surface area contributed by atoms with Crippen LogP contribution in [0.4, 0.5) is 13.2 Å². The predicted octanol–water partition coefficient (Wildman–Crippen LogP) is 9.31. The first-order valence-corrected chi connectivity index (χ1v) is 14.1. The summed E-state index contributed by atoms with van der Waals surface area (Å²) in [7, 11) is 0. The summed E-state index contributed by atoms with van der Waals surface area (Å²) in [6.45, 7) is 0.476. The molecule has 1 atom stereocenters. The van der Waals surface area contributed by atoms with Crippen LogP contribution in [0, 0.1) is 0 Å². The lowest BCUT2D eigenvalue weighted by Gasteiger charge is -2.15. The van der Waals surface area contributed by atoms with Crippen molar-refractivity contribution in [2.45, 2.75) is 128 Å². The molecule has 0 saturated heterocycles. The SMILES string of the molecule is OC[C@H](CCCCCCCCCCCCCCCCCC(F)(F)F)OCc1ccc2ccccc2n1. The normalized spacial score (nSPS) is 12.9.